The highest BCUT2D eigenvalue weighted by atomic mass is 16.2. The highest BCUT2D eigenvalue weighted by Gasteiger charge is 2.31. The lowest BCUT2D eigenvalue weighted by Gasteiger charge is -2.19. The van der Waals surface area contributed by atoms with Gasteiger partial charge in [-0.1, -0.05) is 6.92 Å². The predicted octanol–water partition coefficient (Wildman–Crippen LogP) is 2.04. The summed E-state index contributed by atoms with van der Waals surface area (Å²) in [7, 11) is 0. The predicted molar refractivity (Wildman–Crippen MR) is 52.3 cm³/mol. The van der Waals surface area contributed by atoms with Gasteiger partial charge in [0.15, 0.2) is 0 Å². The Morgan fingerprint density at radius 3 is 2.46 bits per heavy atom. The van der Waals surface area contributed by atoms with Gasteiger partial charge in [0.25, 0.3) is 0 Å². The number of carbonyl (C=O) groups is 1. The molecule has 0 bridgehead atoms. The first-order valence-corrected chi connectivity index (χ1v) is 5.56. The molecule has 2 fully saturated rings. The third-order valence-corrected chi connectivity index (χ3v) is 3.46. The minimum absolute atomic E-state index is 0.369. The van der Waals surface area contributed by atoms with Crippen LogP contribution in [0.15, 0.2) is 0 Å². The lowest BCUT2D eigenvalue weighted by atomic mass is 10.1. The molecule has 13 heavy (non-hydrogen) atoms. The van der Waals surface area contributed by atoms with Crippen LogP contribution in [0.25, 0.3) is 0 Å². The van der Waals surface area contributed by atoms with Gasteiger partial charge in [0.2, 0.25) is 5.91 Å². The fourth-order valence-electron chi connectivity index (χ4n) is 2.63. The number of carbonyl (C=O) groups excluding carboxylic acids is 1. The Bertz CT molecular complexity index is 196. The Morgan fingerprint density at radius 1 is 1.23 bits per heavy atom. The van der Waals surface area contributed by atoms with Crippen molar-refractivity contribution in [2.75, 3.05) is 13.1 Å². The van der Waals surface area contributed by atoms with Crippen LogP contribution in [0.5, 0.6) is 0 Å². The van der Waals surface area contributed by atoms with Crippen molar-refractivity contribution in [3.8, 4) is 0 Å². The Balaban J connectivity index is 1.89. The summed E-state index contributed by atoms with van der Waals surface area (Å²) in [5.74, 6) is 1.59. The molecule has 0 aromatic rings. The van der Waals surface area contributed by atoms with Crippen molar-refractivity contribution in [1.29, 1.82) is 0 Å². The molecule has 1 amide bonds. The maximum atomic E-state index is 11.9. The second-order valence-electron chi connectivity index (χ2n) is 4.65. The standard InChI is InChI=1S/C11H19NO/c1-9-4-5-10(8-9)11(13)12-6-2-3-7-12/h9-10H,2-8H2,1H3. The molecule has 74 valence electrons. The average Bonchev–Trinajstić information content (AvgIpc) is 2.72. The van der Waals surface area contributed by atoms with E-state index in [0.29, 0.717) is 11.8 Å². The van der Waals surface area contributed by atoms with E-state index in [4.69, 9.17) is 0 Å². The molecule has 1 heterocycles. The van der Waals surface area contributed by atoms with Gasteiger partial charge in [0.1, 0.15) is 0 Å². The molecule has 0 aromatic heterocycles. The number of hydrogen-bond acceptors (Lipinski definition) is 1. The minimum atomic E-state index is 0.369. The second-order valence-corrected chi connectivity index (χ2v) is 4.65. The number of hydrogen-bond donors (Lipinski definition) is 0. The zero-order valence-electron chi connectivity index (χ0n) is 8.46. The van der Waals surface area contributed by atoms with Gasteiger partial charge in [-0.15, -0.1) is 0 Å². The van der Waals surface area contributed by atoms with Crippen molar-refractivity contribution in [2.24, 2.45) is 11.8 Å². The first kappa shape index (κ1) is 9.04. The fourth-order valence-corrected chi connectivity index (χ4v) is 2.63. The molecule has 2 unspecified atom stereocenters. The normalized spacial score (nSPS) is 34.1. The summed E-state index contributed by atoms with van der Waals surface area (Å²) in [4.78, 5) is 14.0. The average molecular weight is 181 g/mol. The van der Waals surface area contributed by atoms with Crippen LogP contribution in [0.2, 0.25) is 0 Å². The monoisotopic (exact) mass is 181 g/mol. The smallest absolute Gasteiger partial charge is 0.225 e. The lowest BCUT2D eigenvalue weighted by molar-refractivity contribution is -0.134. The summed E-state index contributed by atoms with van der Waals surface area (Å²) in [5.41, 5.74) is 0. The fraction of sp³-hybridized carbons (Fsp3) is 0.909. The molecule has 2 aliphatic rings. The van der Waals surface area contributed by atoms with E-state index < -0.39 is 0 Å². The number of nitrogens with zero attached hydrogens (tertiary/aromatic N) is 1. The van der Waals surface area contributed by atoms with Crippen molar-refractivity contribution in [3.05, 3.63) is 0 Å². The highest BCUT2D eigenvalue weighted by Crippen LogP contribution is 2.32. The van der Waals surface area contributed by atoms with Gasteiger partial charge < -0.3 is 4.90 Å². The van der Waals surface area contributed by atoms with Crippen LogP contribution in [0.3, 0.4) is 0 Å². The molecular weight excluding hydrogens is 162 g/mol. The van der Waals surface area contributed by atoms with Crippen LogP contribution < -0.4 is 0 Å². The highest BCUT2D eigenvalue weighted by molar-refractivity contribution is 5.79. The third kappa shape index (κ3) is 1.87. The van der Waals surface area contributed by atoms with Gasteiger partial charge in [-0.2, -0.15) is 0 Å². The van der Waals surface area contributed by atoms with Crippen LogP contribution in [0.1, 0.15) is 39.0 Å². The van der Waals surface area contributed by atoms with Crippen molar-refractivity contribution < 1.29 is 4.79 Å². The third-order valence-electron chi connectivity index (χ3n) is 3.46. The van der Waals surface area contributed by atoms with E-state index in [-0.39, 0.29) is 0 Å². The van der Waals surface area contributed by atoms with E-state index in [1.807, 2.05) is 0 Å². The van der Waals surface area contributed by atoms with Crippen LogP contribution in [0.4, 0.5) is 0 Å². The molecule has 1 saturated carbocycles. The molecule has 1 saturated heterocycles. The first-order valence-electron chi connectivity index (χ1n) is 5.56. The number of amides is 1. The summed E-state index contributed by atoms with van der Waals surface area (Å²) in [5, 5.41) is 0. The zero-order chi connectivity index (χ0) is 9.26. The molecule has 0 N–H and O–H groups in total. The summed E-state index contributed by atoms with van der Waals surface area (Å²) in [6, 6.07) is 0. The van der Waals surface area contributed by atoms with Crippen molar-refractivity contribution in [3.63, 3.8) is 0 Å². The Kier molecular flexibility index (Phi) is 2.56. The van der Waals surface area contributed by atoms with E-state index in [2.05, 4.69) is 11.8 Å². The molecule has 2 atom stereocenters. The van der Waals surface area contributed by atoms with E-state index in [9.17, 15) is 4.79 Å². The first-order chi connectivity index (χ1) is 6.27. The minimum Gasteiger partial charge on any atom is -0.342 e. The van der Waals surface area contributed by atoms with Gasteiger partial charge in [0.05, 0.1) is 0 Å². The SMILES string of the molecule is CC1CCC(C(=O)N2CCCC2)C1. The maximum absolute atomic E-state index is 11.9. The Hall–Kier alpha value is -0.530. The summed E-state index contributed by atoms with van der Waals surface area (Å²) >= 11 is 0. The van der Waals surface area contributed by atoms with Crippen LogP contribution in [-0.4, -0.2) is 23.9 Å². The van der Waals surface area contributed by atoms with E-state index in [1.54, 1.807) is 0 Å². The van der Waals surface area contributed by atoms with Crippen LogP contribution >= 0.6 is 0 Å². The van der Waals surface area contributed by atoms with Crippen molar-refractivity contribution in [2.45, 2.75) is 39.0 Å². The molecule has 0 radical (unpaired) electrons. The molecule has 1 aliphatic carbocycles. The molecule has 2 heteroatoms. The summed E-state index contributed by atoms with van der Waals surface area (Å²) < 4.78 is 0. The molecule has 0 spiro atoms. The number of rotatable bonds is 1. The van der Waals surface area contributed by atoms with Gasteiger partial charge in [0, 0.05) is 19.0 Å². The molecular formula is C11H19NO. The largest absolute Gasteiger partial charge is 0.342 e. The van der Waals surface area contributed by atoms with Crippen molar-refractivity contribution in [1.82, 2.24) is 4.90 Å². The van der Waals surface area contributed by atoms with Gasteiger partial charge in [-0.25, -0.2) is 0 Å². The Morgan fingerprint density at radius 2 is 1.92 bits per heavy atom. The van der Waals surface area contributed by atoms with E-state index >= 15 is 0 Å². The van der Waals surface area contributed by atoms with Crippen LogP contribution in [-0.2, 0) is 4.79 Å². The summed E-state index contributed by atoms with van der Waals surface area (Å²) in [6.45, 7) is 4.30. The van der Waals surface area contributed by atoms with Gasteiger partial charge in [-0.3, -0.25) is 4.79 Å². The maximum Gasteiger partial charge on any atom is 0.225 e. The Labute approximate surface area is 80.3 Å². The van der Waals surface area contributed by atoms with E-state index in [0.717, 1.165) is 31.8 Å². The molecule has 1 aliphatic heterocycles. The van der Waals surface area contributed by atoms with Crippen molar-refractivity contribution >= 4 is 5.91 Å². The number of likely N-dealkylation sites (tertiary alicyclic amines) is 1. The topological polar surface area (TPSA) is 20.3 Å². The molecule has 2 rings (SSSR count). The summed E-state index contributed by atoms with van der Waals surface area (Å²) in [6.07, 6.45) is 5.96. The lowest BCUT2D eigenvalue weighted by Crippen LogP contribution is -2.32. The van der Waals surface area contributed by atoms with Gasteiger partial charge >= 0.3 is 0 Å². The van der Waals surface area contributed by atoms with E-state index in [1.165, 1.54) is 19.3 Å². The quantitative estimate of drug-likeness (QED) is 0.606. The molecule has 0 aromatic carbocycles. The molecule has 2 nitrogen and oxygen atoms in total. The second kappa shape index (κ2) is 3.69. The van der Waals surface area contributed by atoms with Crippen LogP contribution in [0, 0.1) is 11.8 Å². The zero-order valence-corrected chi connectivity index (χ0v) is 8.46. The van der Waals surface area contributed by atoms with Gasteiger partial charge in [-0.05, 0) is 38.0 Å².